The number of rotatable bonds is 0. The molecule has 0 heterocycles. The minimum absolute atomic E-state index is 0.120. The van der Waals surface area contributed by atoms with Crippen molar-refractivity contribution in [1.29, 1.82) is 0 Å². The van der Waals surface area contributed by atoms with Crippen molar-refractivity contribution in [2.24, 2.45) is 0 Å². The first-order valence-electron chi connectivity index (χ1n) is 3.07. The van der Waals surface area contributed by atoms with Crippen LogP contribution in [-0.4, -0.2) is 5.11 Å². The van der Waals surface area contributed by atoms with Gasteiger partial charge in [0.1, 0.15) is 5.75 Å². The molecule has 0 radical (unpaired) electrons. The molecule has 0 aliphatic heterocycles. The van der Waals surface area contributed by atoms with E-state index >= 15 is 0 Å². The Morgan fingerprint density at radius 3 is 2.31 bits per heavy atom. The van der Waals surface area contributed by atoms with Crippen LogP contribution >= 0.6 is 34.2 Å². The Hall–Kier alpha value is -0.170. The van der Waals surface area contributed by atoms with Gasteiger partial charge in [0.15, 0.2) is 0 Å². The second-order valence-corrected chi connectivity index (χ2v) is 3.85. The standard InChI is InChI=1S/C7H3ClF3IO/c8-4-2-6(13)5(12)1-3(4)7(9,10)11/h1-2,13H. The maximum atomic E-state index is 12.2. The van der Waals surface area contributed by atoms with Gasteiger partial charge in [-0.2, -0.15) is 13.2 Å². The molecule has 0 aromatic heterocycles. The summed E-state index contributed by atoms with van der Waals surface area (Å²) in [6.45, 7) is 0. The molecule has 0 saturated carbocycles. The van der Waals surface area contributed by atoms with Gasteiger partial charge in [-0.3, -0.25) is 0 Å². The maximum absolute atomic E-state index is 12.2. The monoisotopic (exact) mass is 322 g/mol. The highest BCUT2D eigenvalue weighted by Crippen LogP contribution is 2.38. The van der Waals surface area contributed by atoms with E-state index in [0.29, 0.717) is 0 Å². The van der Waals surface area contributed by atoms with Crippen molar-refractivity contribution in [3.05, 3.63) is 26.3 Å². The lowest BCUT2D eigenvalue weighted by Crippen LogP contribution is -2.06. The minimum atomic E-state index is -4.48. The molecular weight excluding hydrogens is 319 g/mol. The van der Waals surface area contributed by atoms with Gasteiger partial charge in [-0.25, -0.2) is 0 Å². The van der Waals surface area contributed by atoms with Gasteiger partial charge in [-0.1, -0.05) is 11.6 Å². The summed E-state index contributed by atoms with van der Waals surface area (Å²) in [4.78, 5) is 0. The van der Waals surface area contributed by atoms with Crippen molar-refractivity contribution in [2.45, 2.75) is 6.18 Å². The predicted molar refractivity (Wildman–Crippen MR) is 50.8 cm³/mol. The van der Waals surface area contributed by atoms with Crippen LogP contribution in [0.25, 0.3) is 0 Å². The Morgan fingerprint density at radius 1 is 1.31 bits per heavy atom. The number of phenolic OH excluding ortho intramolecular Hbond substituents is 1. The highest BCUT2D eigenvalue weighted by Gasteiger charge is 2.33. The molecule has 0 bridgehead atoms. The zero-order valence-corrected chi connectivity index (χ0v) is 8.91. The van der Waals surface area contributed by atoms with Crippen LogP contribution < -0.4 is 0 Å². The third-order valence-electron chi connectivity index (χ3n) is 1.34. The smallest absolute Gasteiger partial charge is 0.417 e. The number of hydrogen-bond donors (Lipinski definition) is 1. The fraction of sp³-hybridized carbons (Fsp3) is 0.143. The molecule has 0 aliphatic rings. The van der Waals surface area contributed by atoms with Gasteiger partial charge in [-0.15, -0.1) is 0 Å². The number of aromatic hydroxyl groups is 1. The van der Waals surface area contributed by atoms with Gasteiger partial charge in [-0.05, 0) is 28.7 Å². The topological polar surface area (TPSA) is 20.2 Å². The van der Waals surface area contributed by atoms with E-state index in [1.807, 2.05) is 0 Å². The van der Waals surface area contributed by atoms with Gasteiger partial charge in [0.25, 0.3) is 0 Å². The van der Waals surface area contributed by atoms with Crippen molar-refractivity contribution in [1.82, 2.24) is 0 Å². The van der Waals surface area contributed by atoms with Gasteiger partial charge in [0.2, 0.25) is 0 Å². The van der Waals surface area contributed by atoms with Gasteiger partial charge in [0.05, 0.1) is 14.2 Å². The summed E-state index contributed by atoms with van der Waals surface area (Å²) >= 11 is 6.90. The average molecular weight is 322 g/mol. The van der Waals surface area contributed by atoms with Crippen molar-refractivity contribution >= 4 is 34.2 Å². The van der Waals surface area contributed by atoms with Crippen LogP contribution in [0.2, 0.25) is 5.02 Å². The zero-order chi connectivity index (χ0) is 10.2. The lowest BCUT2D eigenvalue weighted by atomic mass is 10.2. The summed E-state index contributed by atoms with van der Waals surface area (Å²) in [6, 6.07) is 1.68. The van der Waals surface area contributed by atoms with Crippen LogP contribution in [-0.2, 0) is 6.18 Å². The van der Waals surface area contributed by atoms with Crippen LogP contribution in [0.15, 0.2) is 12.1 Å². The van der Waals surface area contributed by atoms with Crippen molar-refractivity contribution in [3.8, 4) is 5.75 Å². The Bertz CT molecular complexity index is 337. The molecule has 0 spiro atoms. The molecule has 0 unspecified atom stereocenters. The van der Waals surface area contributed by atoms with Gasteiger partial charge >= 0.3 is 6.18 Å². The molecule has 1 aromatic rings. The first-order chi connectivity index (χ1) is 5.82. The molecule has 0 saturated heterocycles. The second kappa shape index (κ2) is 3.53. The molecule has 72 valence electrons. The van der Waals surface area contributed by atoms with Gasteiger partial charge < -0.3 is 5.11 Å². The summed E-state index contributed by atoms with van der Waals surface area (Å²) in [5, 5.41) is 8.54. The molecule has 0 fully saturated rings. The number of halogens is 5. The number of phenols is 1. The SMILES string of the molecule is Oc1cc(Cl)c(C(F)(F)F)cc1I. The van der Waals surface area contributed by atoms with Crippen LogP contribution in [0, 0.1) is 3.57 Å². The molecule has 6 heteroatoms. The number of hydrogen-bond acceptors (Lipinski definition) is 1. The molecule has 1 N–H and O–H groups in total. The van der Waals surface area contributed by atoms with E-state index in [1.54, 1.807) is 22.6 Å². The van der Waals surface area contributed by atoms with Crippen LogP contribution in [0.1, 0.15) is 5.56 Å². The summed E-state index contributed by atoms with van der Waals surface area (Å²) in [5.74, 6) is -0.251. The summed E-state index contributed by atoms with van der Waals surface area (Å²) in [6.07, 6.45) is -4.48. The molecule has 13 heavy (non-hydrogen) atoms. The molecule has 1 rings (SSSR count). The van der Waals surface area contributed by atoms with E-state index in [9.17, 15) is 13.2 Å². The normalized spacial score (nSPS) is 11.8. The number of benzene rings is 1. The fourth-order valence-electron chi connectivity index (χ4n) is 0.754. The Labute approximate surface area is 90.7 Å². The van der Waals surface area contributed by atoms with Crippen molar-refractivity contribution < 1.29 is 18.3 Å². The molecule has 0 amide bonds. The summed E-state index contributed by atoms with van der Waals surface area (Å²) < 4.78 is 36.7. The molecule has 1 aromatic carbocycles. The minimum Gasteiger partial charge on any atom is -0.507 e. The maximum Gasteiger partial charge on any atom is 0.417 e. The molecule has 1 nitrogen and oxygen atoms in total. The second-order valence-electron chi connectivity index (χ2n) is 2.28. The summed E-state index contributed by atoms with van der Waals surface area (Å²) in [7, 11) is 0. The van der Waals surface area contributed by atoms with Crippen LogP contribution in [0.5, 0.6) is 5.75 Å². The summed E-state index contributed by atoms with van der Waals surface area (Å²) in [5.41, 5.74) is -0.934. The van der Waals surface area contributed by atoms with E-state index in [-0.39, 0.29) is 9.32 Å². The Kier molecular flexibility index (Phi) is 2.96. The fourth-order valence-corrected chi connectivity index (χ4v) is 1.49. The lowest BCUT2D eigenvalue weighted by molar-refractivity contribution is -0.137. The van der Waals surface area contributed by atoms with E-state index in [4.69, 9.17) is 16.7 Å². The highest BCUT2D eigenvalue weighted by atomic mass is 127. The Balaban J connectivity index is 3.32. The van der Waals surface area contributed by atoms with Crippen LogP contribution in [0.3, 0.4) is 0 Å². The van der Waals surface area contributed by atoms with E-state index in [1.165, 1.54) is 0 Å². The first kappa shape index (κ1) is 10.9. The quantitative estimate of drug-likeness (QED) is 0.723. The number of alkyl halides is 3. The first-order valence-corrected chi connectivity index (χ1v) is 4.53. The average Bonchev–Trinajstić information content (AvgIpc) is 1.94. The van der Waals surface area contributed by atoms with Crippen molar-refractivity contribution in [2.75, 3.05) is 0 Å². The lowest BCUT2D eigenvalue weighted by Gasteiger charge is -2.09. The molecule has 0 atom stereocenters. The van der Waals surface area contributed by atoms with E-state index < -0.39 is 16.8 Å². The van der Waals surface area contributed by atoms with Crippen LogP contribution in [0.4, 0.5) is 13.2 Å². The Morgan fingerprint density at radius 2 is 1.85 bits per heavy atom. The predicted octanol–water partition coefficient (Wildman–Crippen LogP) is 3.67. The third kappa shape index (κ3) is 2.40. The zero-order valence-electron chi connectivity index (χ0n) is 5.99. The van der Waals surface area contributed by atoms with E-state index in [2.05, 4.69) is 0 Å². The third-order valence-corrected chi connectivity index (χ3v) is 2.52. The molecular formula is C7H3ClF3IO. The van der Waals surface area contributed by atoms with E-state index in [0.717, 1.165) is 12.1 Å². The highest BCUT2D eigenvalue weighted by molar-refractivity contribution is 14.1. The van der Waals surface area contributed by atoms with Crippen molar-refractivity contribution in [3.63, 3.8) is 0 Å². The molecule has 0 aliphatic carbocycles. The van der Waals surface area contributed by atoms with Gasteiger partial charge in [0, 0.05) is 6.07 Å². The largest absolute Gasteiger partial charge is 0.507 e.